The average Bonchev–Trinajstić information content (AvgIpc) is 2.53. The van der Waals surface area contributed by atoms with Crippen LogP contribution in [0.1, 0.15) is 11.1 Å². The summed E-state index contributed by atoms with van der Waals surface area (Å²) in [7, 11) is 1.55. The molecule has 2 rings (SSSR count). The second-order valence-electron chi connectivity index (χ2n) is 4.15. The molecule has 0 aliphatic carbocycles. The molecule has 110 valence electrons. The van der Waals surface area contributed by atoms with Crippen molar-refractivity contribution in [3.05, 3.63) is 57.2 Å². The zero-order chi connectivity index (χ0) is 15.2. The molecule has 0 heterocycles. The van der Waals surface area contributed by atoms with E-state index in [1.165, 1.54) is 0 Å². The van der Waals surface area contributed by atoms with Crippen LogP contribution in [0.2, 0.25) is 0 Å². The van der Waals surface area contributed by atoms with E-state index in [-0.39, 0.29) is 5.17 Å². The van der Waals surface area contributed by atoms with Gasteiger partial charge in [0.15, 0.2) is 16.7 Å². The van der Waals surface area contributed by atoms with E-state index in [0.717, 1.165) is 9.13 Å². The fourth-order valence-electron chi connectivity index (χ4n) is 1.75. The van der Waals surface area contributed by atoms with Gasteiger partial charge in [-0.25, -0.2) is 0 Å². The Balaban J connectivity index is 2.25. The van der Waals surface area contributed by atoms with Crippen LogP contribution < -0.4 is 9.47 Å². The van der Waals surface area contributed by atoms with E-state index in [4.69, 9.17) is 26.3 Å². The van der Waals surface area contributed by atoms with E-state index in [1.54, 1.807) is 19.2 Å². The van der Waals surface area contributed by atoms with Crippen molar-refractivity contribution in [2.24, 2.45) is 5.16 Å². The van der Waals surface area contributed by atoms with Crippen LogP contribution in [0.25, 0.3) is 0 Å². The van der Waals surface area contributed by atoms with Gasteiger partial charge >= 0.3 is 0 Å². The molecule has 0 saturated carbocycles. The van der Waals surface area contributed by atoms with Gasteiger partial charge in [0.1, 0.15) is 6.61 Å². The van der Waals surface area contributed by atoms with Crippen LogP contribution in [-0.4, -0.2) is 17.5 Å². The molecule has 1 N–H and O–H groups in total. The van der Waals surface area contributed by atoms with Crippen molar-refractivity contribution >= 4 is 39.4 Å². The lowest BCUT2D eigenvalue weighted by Crippen LogP contribution is -2.02. The highest BCUT2D eigenvalue weighted by Crippen LogP contribution is 2.33. The third kappa shape index (κ3) is 4.01. The number of halogens is 2. The number of hydrogen-bond donors (Lipinski definition) is 1. The number of nitrogens with zero attached hydrogens (tertiary/aromatic N) is 1. The first kappa shape index (κ1) is 15.9. The molecule has 0 aliphatic rings. The molecule has 0 unspecified atom stereocenters. The Morgan fingerprint density at radius 2 is 1.95 bits per heavy atom. The lowest BCUT2D eigenvalue weighted by atomic mass is 10.2. The van der Waals surface area contributed by atoms with E-state index >= 15 is 0 Å². The summed E-state index contributed by atoms with van der Waals surface area (Å²) in [4.78, 5) is 0. The normalized spacial score (nSPS) is 11.3. The second-order valence-corrected chi connectivity index (χ2v) is 5.67. The highest BCUT2D eigenvalue weighted by atomic mass is 127. The average molecular weight is 418 g/mol. The zero-order valence-corrected chi connectivity index (χ0v) is 14.1. The molecule has 0 bridgehead atoms. The molecule has 0 atom stereocenters. The Morgan fingerprint density at radius 3 is 2.57 bits per heavy atom. The molecule has 0 saturated heterocycles. The van der Waals surface area contributed by atoms with Gasteiger partial charge in [0.05, 0.1) is 7.11 Å². The summed E-state index contributed by atoms with van der Waals surface area (Å²) < 4.78 is 11.9. The summed E-state index contributed by atoms with van der Waals surface area (Å²) >= 11 is 7.95. The number of ether oxygens (including phenoxy) is 2. The molecule has 0 aliphatic heterocycles. The van der Waals surface area contributed by atoms with Gasteiger partial charge < -0.3 is 14.7 Å². The Kier molecular flexibility index (Phi) is 5.69. The fraction of sp³-hybridized carbons (Fsp3) is 0.133. The monoisotopic (exact) mass is 417 g/mol. The first-order valence-corrected chi connectivity index (χ1v) is 7.53. The summed E-state index contributed by atoms with van der Waals surface area (Å²) in [6, 6.07) is 13.3. The van der Waals surface area contributed by atoms with E-state index in [9.17, 15) is 0 Å². The van der Waals surface area contributed by atoms with Gasteiger partial charge in [0.25, 0.3) is 0 Å². The van der Waals surface area contributed by atoms with E-state index in [0.29, 0.717) is 23.7 Å². The van der Waals surface area contributed by atoms with Crippen LogP contribution in [0, 0.1) is 3.57 Å². The summed E-state index contributed by atoms with van der Waals surface area (Å²) in [6.07, 6.45) is 0. The van der Waals surface area contributed by atoms with E-state index < -0.39 is 0 Å². The molecular weight excluding hydrogens is 405 g/mol. The second kappa shape index (κ2) is 7.51. The van der Waals surface area contributed by atoms with Crippen molar-refractivity contribution in [1.29, 1.82) is 0 Å². The highest BCUT2D eigenvalue weighted by molar-refractivity contribution is 14.1. The number of hydrogen-bond acceptors (Lipinski definition) is 4. The summed E-state index contributed by atoms with van der Waals surface area (Å²) in [5.74, 6) is 1.14. The number of oxime groups is 1. The third-order valence-electron chi connectivity index (χ3n) is 2.80. The van der Waals surface area contributed by atoms with E-state index in [1.807, 2.05) is 30.3 Å². The SMILES string of the molecule is COc1cc(/C(Cl)=N/O)c(I)cc1OCc1ccccc1. The Bertz CT molecular complexity index is 647. The summed E-state index contributed by atoms with van der Waals surface area (Å²) in [5.41, 5.74) is 1.65. The molecule has 2 aromatic rings. The topological polar surface area (TPSA) is 51.0 Å². The molecule has 21 heavy (non-hydrogen) atoms. The van der Waals surface area contributed by atoms with Gasteiger partial charge in [0, 0.05) is 9.13 Å². The molecule has 0 radical (unpaired) electrons. The lowest BCUT2D eigenvalue weighted by molar-refractivity contribution is 0.284. The van der Waals surface area contributed by atoms with Crippen LogP contribution in [-0.2, 0) is 6.61 Å². The minimum Gasteiger partial charge on any atom is -0.493 e. The van der Waals surface area contributed by atoms with Crippen molar-refractivity contribution in [2.75, 3.05) is 7.11 Å². The van der Waals surface area contributed by atoms with Gasteiger partial charge in [-0.3, -0.25) is 0 Å². The smallest absolute Gasteiger partial charge is 0.176 e. The number of rotatable bonds is 5. The fourth-order valence-corrected chi connectivity index (χ4v) is 2.76. The molecular formula is C15H13ClINO3. The molecule has 0 amide bonds. The van der Waals surface area contributed by atoms with Crippen molar-refractivity contribution < 1.29 is 14.7 Å². The van der Waals surface area contributed by atoms with Crippen LogP contribution >= 0.6 is 34.2 Å². The largest absolute Gasteiger partial charge is 0.493 e. The maximum absolute atomic E-state index is 8.78. The van der Waals surface area contributed by atoms with Crippen LogP contribution in [0.15, 0.2) is 47.6 Å². The lowest BCUT2D eigenvalue weighted by Gasteiger charge is -2.13. The molecule has 0 aromatic heterocycles. The van der Waals surface area contributed by atoms with Crippen molar-refractivity contribution in [1.82, 2.24) is 0 Å². The number of benzene rings is 2. The van der Waals surface area contributed by atoms with Gasteiger partial charge in [-0.15, -0.1) is 0 Å². The summed E-state index contributed by atoms with van der Waals surface area (Å²) in [5, 5.41) is 11.8. The molecule has 0 spiro atoms. The highest BCUT2D eigenvalue weighted by Gasteiger charge is 2.13. The van der Waals surface area contributed by atoms with Crippen LogP contribution in [0.4, 0.5) is 0 Å². The van der Waals surface area contributed by atoms with Crippen molar-refractivity contribution in [3.63, 3.8) is 0 Å². The minimum absolute atomic E-state index is 0.00677. The van der Waals surface area contributed by atoms with Gasteiger partial charge in [-0.1, -0.05) is 47.1 Å². The third-order valence-corrected chi connectivity index (χ3v) is 3.97. The Hall–Kier alpha value is -1.47. The number of methoxy groups -OCH3 is 1. The standard InChI is InChI=1S/C15H13ClINO3/c1-20-13-7-11(15(16)18-19)12(17)8-14(13)21-9-10-5-3-2-4-6-10/h2-8,19H,9H2,1H3/b18-15-. The summed E-state index contributed by atoms with van der Waals surface area (Å²) in [6.45, 7) is 0.439. The first-order valence-electron chi connectivity index (χ1n) is 6.08. The minimum atomic E-state index is 0.00677. The van der Waals surface area contributed by atoms with Crippen LogP contribution in [0.5, 0.6) is 11.5 Å². The zero-order valence-electron chi connectivity index (χ0n) is 11.2. The van der Waals surface area contributed by atoms with Crippen molar-refractivity contribution in [3.8, 4) is 11.5 Å². The van der Waals surface area contributed by atoms with Gasteiger partial charge in [-0.2, -0.15) is 0 Å². The van der Waals surface area contributed by atoms with Crippen molar-refractivity contribution in [2.45, 2.75) is 6.61 Å². The molecule has 4 nitrogen and oxygen atoms in total. The predicted octanol–water partition coefficient (Wildman–Crippen LogP) is 4.25. The maximum Gasteiger partial charge on any atom is 0.176 e. The molecule has 2 aromatic carbocycles. The first-order chi connectivity index (χ1) is 10.2. The van der Waals surface area contributed by atoms with Crippen LogP contribution in [0.3, 0.4) is 0 Å². The molecule has 0 fully saturated rings. The van der Waals surface area contributed by atoms with E-state index in [2.05, 4.69) is 27.7 Å². The molecule has 6 heteroatoms. The van der Waals surface area contributed by atoms with Gasteiger partial charge in [-0.05, 0) is 40.3 Å². The Labute approximate surface area is 141 Å². The quantitative estimate of drug-likeness (QED) is 0.342. The predicted molar refractivity (Wildman–Crippen MR) is 90.7 cm³/mol. The maximum atomic E-state index is 8.78. The van der Waals surface area contributed by atoms with Gasteiger partial charge in [0.2, 0.25) is 0 Å². The Morgan fingerprint density at radius 1 is 1.24 bits per heavy atom.